The Morgan fingerprint density at radius 3 is 2.50 bits per heavy atom. The Labute approximate surface area is 284 Å². The lowest BCUT2D eigenvalue weighted by molar-refractivity contribution is -0.757. The van der Waals surface area contributed by atoms with E-state index < -0.39 is 107 Å². The third-order valence-electron chi connectivity index (χ3n) is 9.25. The maximum atomic E-state index is 13.9. The Morgan fingerprint density at radius 2 is 1.82 bits per heavy atom. The number of phenolic OH excluding ortho intramolecular Hbond substituents is 2. The van der Waals surface area contributed by atoms with Gasteiger partial charge in [-0.1, -0.05) is 18.6 Å². The lowest BCUT2D eigenvalue weighted by Crippen LogP contribution is -2.53. The number of aliphatic hydroxyl groups excluding tert-OH is 1. The van der Waals surface area contributed by atoms with Crippen molar-refractivity contribution in [2.75, 3.05) is 20.3 Å². The standard InChI is InChI=1S/C33H38N2O15/c1-15-28(38)18(34)11-23(49-15)50-20-13-33(43,21(36)14-47-22(37)9-4-3-5-10-48-35(44)45)12-17-25(20)32(42)27-26(30(17)40)29(39)16-7-6-8-19(46-2)24(16)31(27)41/h6-8,15,18,20,23,28,38,40,42-43H,3-5,9-14,34H2,1-2H3/t15-,18-,20-,23-,28+,33-/m0/s1. The second kappa shape index (κ2) is 14.7. The second-order valence-corrected chi connectivity index (χ2v) is 12.5. The summed E-state index contributed by atoms with van der Waals surface area (Å²) in [4.78, 5) is 67.9. The summed E-state index contributed by atoms with van der Waals surface area (Å²) in [5.41, 5.74) is 1.99. The molecule has 1 fully saturated rings. The number of carbonyl (C=O) groups is 4. The molecule has 1 saturated heterocycles. The number of ether oxygens (including phenoxy) is 4. The number of hydrogen-bond donors (Lipinski definition) is 5. The Kier molecular flexibility index (Phi) is 10.7. The number of benzene rings is 2. The van der Waals surface area contributed by atoms with Gasteiger partial charge in [-0.3, -0.25) is 19.2 Å². The molecule has 0 bridgehead atoms. The molecule has 6 atom stereocenters. The van der Waals surface area contributed by atoms with E-state index in [4.69, 9.17) is 24.7 Å². The molecule has 0 radical (unpaired) electrons. The number of unbranched alkanes of at least 4 members (excludes halogenated alkanes) is 2. The molecule has 1 aliphatic heterocycles. The highest BCUT2D eigenvalue weighted by molar-refractivity contribution is 6.31. The number of Topliss-reactive ketones (excluding diaryl/α,β-unsaturated/α-hetero) is 1. The summed E-state index contributed by atoms with van der Waals surface area (Å²) in [6, 6.07) is 3.50. The molecule has 6 N–H and O–H groups in total. The first-order valence-electron chi connectivity index (χ1n) is 16.0. The highest BCUT2D eigenvalue weighted by Gasteiger charge is 2.50. The van der Waals surface area contributed by atoms with E-state index >= 15 is 0 Å². The van der Waals surface area contributed by atoms with Crippen LogP contribution in [0.5, 0.6) is 17.2 Å². The average molecular weight is 703 g/mol. The van der Waals surface area contributed by atoms with Crippen LogP contribution in [0.2, 0.25) is 0 Å². The van der Waals surface area contributed by atoms with Gasteiger partial charge in [0.15, 0.2) is 18.7 Å². The molecule has 17 heteroatoms. The minimum atomic E-state index is -2.37. The summed E-state index contributed by atoms with van der Waals surface area (Å²) in [5, 5.41) is 54.6. The van der Waals surface area contributed by atoms with Gasteiger partial charge in [0.1, 0.15) is 22.8 Å². The van der Waals surface area contributed by atoms with E-state index in [-0.39, 0.29) is 53.9 Å². The van der Waals surface area contributed by atoms with Crippen molar-refractivity contribution in [3.05, 3.63) is 61.7 Å². The number of hydrogen-bond acceptors (Lipinski definition) is 16. The number of aliphatic hydroxyl groups is 2. The zero-order valence-corrected chi connectivity index (χ0v) is 27.3. The zero-order valence-electron chi connectivity index (χ0n) is 27.3. The topological polar surface area (TPSA) is 265 Å². The second-order valence-electron chi connectivity index (χ2n) is 12.5. The summed E-state index contributed by atoms with van der Waals surface area (Å²) in [5.74, 6) is -4.80. The number of fused-ring (bicyclic) bond motifs is 3. The van der Waals surface area contributed by atoms with E-state index in [2.05, 4.69) is 4.84 Å². The number of ketones is 3. The number of carbonyl (C=O) groups excluding carboxylic acids is 4. The zero-order chi connectivity index (χ0) is 36.5. The lowest BCUT2D eigenvalue weighted by atomic mass is 9.72. The third kappa shape index (κ3) is 6.99. The molecule has 50 heavy (non-hydrogen) atoms. The normalized spacial score (nSPS) is 25.6. The lowest BCUT2D eigenvalue weighted by Gasteiger charge is -2.42. The third-order valence-corrected chi connectivity index (χ3v) is 9.25. The van der Waals surface area contributed by atoms with Crippen LogP contribution >= 0.6 is 0 Å². The van der Waals surface area contributed by atoms with Crippen molar-refractivity contribution in [2.24, 2.45) is 5.73 Å². The quantitative estimate of drug-likeness (QED) is 0.0553. The fourth-order valence-corrected chi connectivity index (χ4v) is 6.64. The number of methoxy groups -OCH3 is 1. The molecule has 0 spiro atoms. The van der Waals surface area contributed by atoms with Crippen LogP contribution in [-0.2, 0) is 35.1 Å². The highest BCUT2D eigenvalue weighted by Crippen LogP contribution is 2.52. The molecule has 2 aliphatic carbocycles. The van der Waals surface area contributed by atoms with Crippen LogP contribution in [-0.4, -0.2) is 99.3 Å². The minimum absolute atomic E-state index is 0.0425. The van der Waals surface area contributed by atoms with Gasteiger partial charge >= 0.3 is 5.97 Å². The predicted molar refractivity (Wildman–Crippen MR) is 167 cm³/mol. The summed E-state index contributed by atoms with van der Waals surface area (Å²) in [7, 11) is 1.30. The molecule has 0 aromatic heterocycles. The van der Waals surface area contributed by atoms with E-state index in [0.717, 1.165) is 0 Å². The van der Waals surface area contributed by atoms with E-state index in [1.165, 1.54) is 25.3 Å². The van der Waals surface area contributed by atoms with Gasteiger partial charge in [0, 0.05) is 48.4 Å². The fraction of sp³-hybridized carbons (Fsp3) is 0.515. The number of phenols is 2. The van der Waals surface area contributed by atoms with E-state index in [1.807, 2.05) is 0 Å². The molecular weight excluding hydrogens is 664 g/mol. The van der Waals surface area contributed by atoms with Crippen molar-refractivity contribution in [2.45, 2.75) is 88.1 Å². The van der Waals surface area contributed by atoms with Crippen LogP contribution < -0.4 is 10.5 Å². The van der Waals surface area contributed by atoms with Crippen molar-refractivity contribution < 1.29 is 68.5 Å². The molecule has 0 saturated carbocycles. The molecule has 1 heterocycles. The van der Waals surface area contributed by atoms with Crippen molar-refractivity contribution in [3.63, 3.8) is 0 Å². The molecule has 0 unspecified atom stereocenters. The monoisotopic (exact) mass is 702 g/mol. The summed E-state index contributed by atoms with van der Waals surface area (Å²) < 4.78 is 22.3. The van der Waals surface area contributed by atoms with Gasteiger partial charge in [0.25, 0.3) is 5.09 Å². The number of nitrogens with two attached hydrogens (primary N) is 1. The summed E-state index contributed by atoms with van der Waals surface area (Å²) in [6.45, 7) is 0.540. The maximum absolute atomic E-state index is 13.9. The molecule has 0 amide bonds. The van der Waals surface area contributed by atoms with Gasteiger partial charge in [-0.25, -0.2) is 0 Å². The van der Waals surface area contributed by atoms with Crippen molar-refractivity contribution >= 4 is 23.3 Å². The Morgan fingerprint density at radius 1 is 1.10 bits per heavy atom. The number of nitrogens with zero attached hydrogens (tertiary/aromatic N) is 1. The van der Waals surface area contributed by atoms with Gasteiger partial charge in [-0.2, -0.15) is 0 Å². The van der Waals surface area contributed by atoms with E-state index in [0.29, 0.717) is 12.8 Å². The first-order valence-corrected chi connectivity index (χ1v) is 16.0. The maximum Gasteiger partial charge on any atom is 0.306 e. The summed E-state index contributed by atoms with van der Waals surface area (Å²) in [6.07, 6.45) is -4.77. The van der Waals surface area contributed by atoms with Gasteiger partial charge in [-0.05, 0) is 25.8 Å². The SMILES string of the molecule is COc1cccc2c1C(=O)c1c(O)c3c(c(O)c1C2=O)C[C@@](O)(C(=O)COC(=O)CCCCCO[N+](=O)[O-])C[C@@H]3O[C@H]1C[C@H](N)[C@H](O)[C@H](C)O1. The van der Waals surface area contributed by atoms with Crippen LogP contribution in [0.15, 0.2) is 18.2 Å². The number of rotatable bonds is 13. The highest BCUT2D eigenvalue weighted by atomic mass is 16.9. The van der Waals surface area contributed by atoms with Crippen LogP contribution in [0.25, 0.3) is 0 Å². The Balaban J connectivity index is 1.45. The largest absolute Gasteiger partial charge is 0.507 e. The average Bonchev–Trinajstić information content (AvgIpc) is 3.07. The van der Waals surface area contributed by atoms with Crippen LogP contribution in [0.3, 0.4) is 0 Å². The predicted octanol–water partition coefficient (Wildman–Crippen LogP) is 1.32. The van der Waals surface area contributed by atoms with Gasteiger partial charge < -0.3 is 49.9 Å². The molecule has 17 nitrogen and oxygen atoms in total. The Bertz CT molecular complexity index is 1700. The van der Waals surface area contributed by atoms with Crippen molar-refractivity contribution in [1.82, 2.24) is 0 Å². The molecular formula is C33H38N2O15. The van der Waals surface area contributed by atoms with Crippen molar-refractivity contribution in [3.8, 4) is 17.2 Å². The molecule has 2 aromatic carbocycles. The number of aromatic hydroxyl groups is 2. The molecule has 2 aromatic rings. The van der Waals surface area contributed by atoms with Gasteiger partial charge in [-0.15, -0.1) is 10.1 Å². The van der Waals surface area contributed by atoms with Crippen LogP contribution in [0, 0.1) is 10.1 Å². The smallest absolute Gasteiger partial charge is 0.306 e. The van der Waals surface area contributed by atoms with Crippen LogP contribution in [0.1, 0.15) is 94.5 Å². The first-order chi connectivity index (χ1) is 23.7. The van der Waals surface area contributed by atoms with Crippen molar-refractivity contribution in [1.29, 1.82) is 0 Å². The minimum Gasteiger partial charge on any atom is -0.507 e. The molecule has 5 rings (SSSR count). The van der Waals surface area contributed by atoms with E-state index in [1.54, 1.807) is 6.92 Å². The van der Waals surface area contributed by atoms with Crippen LogP contribution in [0.4, 0.5) is 0 Å². The van der Waals surface area contributed by atoms with E-state index in [9.17, 15) is 49.7 Å². The Hall–Kier alpha value is -4.68. The first kappa shape index (κ1) is 36.6. The van der Waals surface area contributed by atoms with Gasteiger partial charge in [0.2, 0.25) is 11.6 Å². The summed E-state index contributed by atoms with van der Waals surface area (Å²) >= 11 is 0. The van der Waals surface area contributed by atoms with Gasteiger partial charge in [0.05, 0.1) is 48.7 Å². The molecule has 270 valence electrons. The number of esters is 1. The fourth-order valence-electron chi connectivity index (χ4n) is 6.64. The molecule has 3 aliphatic rings.